The first-order valence-corrected chi connectivity index (χ1v) is 6.27. The van der Waals surface area contributed by atoms with Crippen molar-refractivity contribution >= 4 is 23.0 Å². The van der Waals surface area contributed by atoms with Gasteiger partial charge in [-0.3, -0.25) is 0 Å². The van der Waals surface area contributed by atoms with E-state index in [1.54, 1.807) is 18.2 Å². The number of anilines is 2. The molecule has 2 aromatic rings. The first kappa shape index (κ1) is 13.3. The van der Waals surface area contributed by atoms with Gasteiger partial charge in [-0.2, -0.15) is 5.26 Å². The highest BCUT2D eigenvalue weighted by Crippen LogP contribution is 2.22. The van der Waals surface area contributed by atoms with Crippen molar-refractivity contribution in [2.24, 2.45) is 0 Å². The lowest BCUT2D eigenvalue weighted by Gasteiger charge is -2.12. The Morgan fingerprint density at radius 1 is 1.32 bits per heavy atom. The highest BCUT2D eigenvalue weighted by atomic mass is 35.5. The predicted molar refractivity (Wildman–Crippen MR) is 79.1 cm³/mol. The van der Waals surface area contributed by atoms with E-state index in [1.807, 2.05) is 25.1 Å². The van der Waals surface area contributed by atoms with Gasteiger partial charge in [-0.25, -0.2) is 0 Å². The van der Waals surface area contributed by atoms with Crippen LogP contribution in [-0.2, 0) is 6.54 Å². The highest BCUT2D eigenvalue weighted by molar-refractivity contribution is 6.30. The zero-order valence-corrected chi connectivity index (χ0v) is 11.3. The molecular weight excluding hydrogens is 258 g/mol. The normalized spacial score (nSPS) is 9.95. The lowest BCUT2D eigenvalue weighted by atomic mass is 10.1. The number of hydrogen-bond acceptors (Lipinski definition) is 3. The summed E-state index contributed by atoms with van der Waals surface area (Å²) >= 11 is 5.94. The Morgan fingerprint density at radius 3 is 2.84 bits per heavy atom. The Labute approximate surface area is 117 Å². The molecule has 0 aliphatic carbocycles. The predicted octanol–water partition coefficient (Wildman–Crippen LogP) is 3.71. The summed E-state index contributed by atoms with van der Waals surface area (Å²) in [7, 11) is 0. The lowest BCUT2D eigenvalue weighted by Crippen LogP contribution is -2.04. The number of nitrogens with zero attached hydrogens (tertiary/aromatic N) is 1. The Morgan fingerprint density at radius 2 is 2.11 bits per heavy atom. The van der Waals surface area contributed by atoms with Gasteiger partial charge in [0.25, 0.3) is 0 Å². The lowest BCUT2D eigenvalue weighted by molar-refractivity contribution is 1.12. The summed E-state index contributed by atoms with van der Waals surface area (Å²) in [6.45, 7) is 2.58. The van der Waals surface area contributed by atoms with Crippen molar-refractivity contribution in [3.8, 4) is 6.07 Å². The number of rotatable bonds is 3. The standard InChI is InChI=1S/C15H14ClN3/c1-10-12(3-2-4-14(10)18)9-19-15-7-13(16)6-5-11(15)8-17/h2-7,19H,9,18H2,1H3. The van der Waals surface area contributed by atoms with Crippen LogP contribution in [-0.4, -0.2) is 0 Å². The van der Waals surface area contributed by atoms with E-state index >= 15 is 0 Å². The summed E-state index contributed by atoms with van der Waals surface area (Å²) in [5.41, 5.74) is 10.1. The van der Waals surface area contributed by atoms with Crippen LogP contribution in [0.4, 0.5) is 11.4 Å². The smallest absolute Gasteiger partial charge is 0.101 e. The van der Waals surface area contributed by atoms with E-state index in [2.05, 4.69) is 11.4 Å². The van der Waals surface area contributed by atoms with Crippen molar-refractivity contribution in [1.29, 1.82) is 5.26 Å². The number of hydrogen-bond donors (Lipinski definition) is 2. The second kappa shape index (κ2) is 5.64. The Kier molecular flexibility index (Phi) is 3.94. The molecule has 2 rings (SSSR count). The van der Waals surface area contributed by atoms with Crippen molar-refractivity contribution < 1.29 is 0 Å². The molecular formula is C15H14ClN3. The van der Waals surface area contributed by atoms with Gasteiger partial charge in [0.2, 0.25) is 0 Å². The third-order valence-corrected chi connectivity index (χ3v) is 3.29. The van der Waals surface area contributed by atoms with Crippen molar-refractivity contribution in [1.82, 2.24) is 0 Å². The molecule has 0 radical (unpaired) electrons. The molecule has 0 aromatic heterocycles. The van der Waals surface area contributed by atoms with Crippen LogP contribution in [0.15, 0.2) is 36.4 Å². The maximum atomic E-state index is 9.05. The summed E-state index contributed by atoms with van der Waals surface area (Å²) in [5, 5.41) is 12.9. The second-order valence-electron chi connectivity index (χ2n) is 4.29. The van der Waals surface area contributed by atoms with Crippen LogP contribution in [0.5, 0.6) is 0 Å². The summed E-state index contributed by atoms with van der Waals surface area (Å²) in [4.78, 5) is 0. The average molecular weight is 272 g/mol. The van der Waals surface area contributed by atoms with Gasteiger partial charge in [-0.1, -0.05) is 23.7 Å². The van der Waals surface area contributed by atoms with Gasteiger partial charge in [0.1, 0.15) is 6.07 Å². The molecule has 0 fully saturated rings. The molecule has 3 nitrogen and oxygen atoms in total. The van der Waals surface area contributed by atoms with Crippen LogP contribution in [0.25, 0.3) is 0 Å². The highest BCUT2D eigenvalue weighted by Gasteiger charge is 2.05. The van der Waals surface area contributed by atoms with E-state index in [1.165, 1.54) is 0 Å². The van der Waals surface area contributed by atoms with E-state index < -0.39 is 0 Å². The average Bonchev–Trinajstić information content (AvgIpc) is 2.40. The number of halogens is 1. The van der Waals surface area contributed by atoms with Crippen LogP contribution in [0.3, 0.4) is 0 Å². The molecule has 0 saturated heterocycles. The van der Waals surface area contributed by atoms with Crippen LogP contribution in [0.2, 0.25) is 5.02 Å². The van der Waals surface area contributed by atoms with E-state index in [4.69, 9.17) is 22.6 Å². The van der Waals surface area contributed by atoms with E-state index in [-0.39, 0.29) is 0 Å². The molecule has 0 aliphatic rings. The minimum absolute atomic E-state index is 0.575. The number of nitrogen functional groups attached to an aromatic ring is 1. The van der Waals surface area contributed by atoms with Crippen molar-refractivity contribution in [3.63, 3.8) is 0 Å². The van der Waals surface area contributed by atoms with Crippen molar-refractivity contribution in [2.75, 3.05) is 11.1 Å². The van der Waals surface area contributed by atoms with Crippen molar-refractivity contribution in [3.05, 3.63) is 58.1 Å². The van der Waals surface area contributed by atoms with Gasteiger partial charge in [-0.15, -0.1) is 0 Å². The van der Waals surface area contributed by atoms with E-state index in [9.17, 15) is 0 Å². The summed E-state index contributed by atoms with van der Waals surface area (Å²) in [5.74, 6) is 0. The molecule has 0 unspecified atom stereocenters. The largest absolute Gasteiger partial charge is 0.399 e. The van der Waals surface area contributed by atoms with Gasteiger partial charge in [-0.05, 0) is 42.3 Å². The quantitative estimate of drug-likeness (QED) is 0.837. The maximum Gasteiger partial charge on any atom is 0.101 e. The van der Waals surface area contributed by atoms with Gasteiger partial charge in [0, 0.05) is 17.3 Å². The molecule has 4 heteroatoms. The zero-order chi connectivity index (χ0) is 13.8. The third kappa shape index (κ3) is 2.98. The van der Waals surface area contributed by atoms with Gasteiger partial charge < -0.3 is 11.1 Å². The summed E-state index contributed by atoms with van der Waals surface area (Å²) in [6.07, 6.45) is 0. The van der Waals surface area contributed by atoms with Crippen LogP contribution >= 0.6 is 11.6 Å². The molecule has 0 bridgehead atoms. The number of nitriles is 1. The Balaban J connectivity index is 2.21. The van der Waals surface area contributed by atoms with Crippen molar-refractivity contribution in [2.45, 2.75) is 13.5 Å². The molecule has 0 heterocycles. The van der Waals surface area contributed by atoms with Gasteiger partial charge in [0.05, 0.1) is 11.3 Å². The van der Waals surface area contributed by atoms with Crippen LogP contribution in [0, 0.1) is 18.3 Å². The Bertz CT molecular complexity index is 644. The monoisotopic (exact) mass is 271 g/mol. The van der Waals surface area contributed by atoms with E-state index in [0.29, 0.717) is 17.1 Å². The SMILES string of the molecule is Cc1c(N)cccc1CNc1cc(Cl)ccc1C#N. The minimum atomic E-state index is 0.575. The summed E-state index contributed by atoms with van der Waals surface area (Å²) in [6, 6.07) is 13.1. The molecule has 96 valence electrons. The first-order chi connectivity index (χ1) is 9.11. The second-order valence-corrected chi connectivity index (χ2v) is 4.72. The molecule has 0 spiro atoms. The Hall–Kier alpha value is -2.18. The first-order valence-electron chi connectivity index (χ1n) is 5.89. The fourth-order valence-corrected chi connectivity index (χ4v) is 2.02. The van der Waals surface area contributed by atoms with Crippen LogP contribution < -0.4 is 11.1 Å². The van der Waals surface area contributed by atoms with Gasteiger partial charge in [0.15, 0.2) is 0 Å². The molecule has 0 atom stereocenters. The molecule has 19 heavy (non-hydrogen) atoms. The number of nitrogens with two attached hydrogens (primary N) is 1. The number of nitrogens with one attached hydrogen (secondary N) is 1. The molecule has 0 saturated carbocycles. The number of benzene rings is 2. The molecule has 3 N–H and O–H groups in total. The summed E-state index contributed by atoms with van der Waals surface area (Å²) < 4.78 is 0. The van der Waals surface area contributed by atoms with E-state index in [0.717, 1.165) is 22.5 Å². The topological polar surface area (TPSA) is 61.8 Å². The minimum Gasteiger partial charge on any atom is -0.399 e. The molecule has 2 aromatic carbocycles. The fraction of sp³-hybridized carbons (Fsp3) is 0.133. The maximum absolute atomic E-state index is 9.05. The van der Waals surface area contributed by atoms with Gasteiger partial charge >= 0.3 is 0 Å². The van der Waals surface area contributed by atoms with Crippen LogP contribution in [0.1, 0.15) is 16.7 Å². The zero-order valence-electron chi connectivity index (χ0n) is 10.6. The fourth-order valence-electron chi connectivity index (χ4n) is 1.85. The third-order valence-electron chi connectivity index (χ3n) is 3.06. The molecule has 0 amide bonds. The molecule has 0 aliphatic heterocycles.